The average molecular weight is 241 g/mol. The van der Waals surface area contributed by atoms with Crippen molar-refractivity contribution in [3.05, 3.63) is 29.8 Å². The van der Waals surface area contributed by atoms with Gasteiger partial charge < -0.3 is 10.0 Å². The first-order valence-electron chi connectivity index (χ1n) is 5.44. The fraction of sp³-hybridized carbons (Fsp3) is 0.417. The number of alkyl halides is 2. The first-order valence-corrected chi connectivity index (χ1v) is 5.44. The molecule has 1 aromatic carbocycles. The third kappa shape index (κ3) is 2.72. The predicted octanol–water partition coefficient (Wildman–Crippen LogP) is 2.62. The van der Waals surface area contributed by atoms with Gasteiger partial charge in [-0.25, -0.2) is 13.6 Å². The Morgan fingerprint density at radius 2 is 2.18 bits per heavy atom. The van der Waals surface area contributed by atoms with Crippen LogP contribution in [0.2, 0.25) is 0 Å². The molecule has 0 saturated carbocycles. The van der Waals surface area contributed by atoms with Gasteiger partial charge in [-0.05, 0) is 24.6 Å². The van der Waals surface area contributed by atoms with E-state index in [0.717, 1.165) is 0 Å². The maximum atomic E-state index is 13.2. The van der Waals surface area contributed by atoms with E-state index in [4.69, 9.17) is 5.11 Å². The smallest absolute Gasteiger partial charge is 0.335 e. The summed E-state index contributed by atoms with van der Waals surface area (Å²) in [7, 11) is 0. The first kappa shape index (κ1) is 11.8. The van der Waals surface area contributed by atoms with Crippen LogP contribution in [0.1, 0.15) is 23.2 Å². The Balaban J connectivity index is 2.22. The van der Waals surface area contributed by atoms with Gasteiger partial charge in [-0.1, -0.05) is 6.07 Å². The minimum atomic E-state index is -2.68. The predicted molar refractivity (Wildman–Crippen MR) is 59.8 cm³/mol. The van der Waals surface area contributed by atoms with E-state index in [0.29, 0.717) is 18.7 Å². The van der Waals surface area contributed by atoms with Gasteiger partial charge in [0, 0.05) is 18.7 Å². The molecular weight excluding hydrogens is 228 g/mol. The van der Waals surface area contributed by atoms with Gasteiger partial charge >= 0.3 is 5.97 Å². The highest BCUT2D eigenvalue weighted by Crippen LogP contribution is 2.30. The Morgan fingerprint density at radius 1 is 1.41 bits per heavy atom. The fourth-order valence-corrected chi connectivity index (χ4v) is 2.02. The molecule has 0 aromatic heterocycles. The van der Waals surface area contributed by atoms with Crippen LogP contribution in [-0.4, -0.2) is 30.1 Å². The first-order chi connectivity index (χ1) is 7.98. The normalized spacial score (nSPS) is 19.1. The molecule has 0 amide bonds. The number of carbonyl (C=O) groups is 1. The molecule has 1 aromatic rings. The van der Waals surface area contributed by atoms with Crippen LogP contribution in [0.5, 0.6) is 0 Å². The quantitative estimate of drug-likeness (QED) is 0.865. The summed E-state index contributed by atoms with van der Waals surface area (Å²) < 4.78 is 26.5. The van der Waals surface area contributed by atoms with Crippen molar-refractivity contribution < 1.29 is 18.7 Å². The SMILES string of the molecule is O=C(O)c1cccc(N2CCCC(F)(F)C2)c1. The molecular formula is C12H13F2NO2. The fourth-order valence-electron chi connectivity index (χ4n) is 2.02. The largest absolute Gasteiger partial charge is 0.478 e. The van der Waals surface area contributed by atoms with E-state index in [1.54, 1.807) is 12.1 Å². The van der Waals surface area contributed by atoms with Crippen molar-refractivity contribution in [1.29, 1.82) is 0 Å². The van der Waals surface area contributed by atoms with E-state index in [-0.39, 0.29) is 18.5 Å². The van der Waals surface area contributed by atoms with Gasteiger partial charge in [0.15, 0.2) is 0 Å². The van der Waals surface area contributed by atoms with Crippen molar-refractivity contribution in [3.8, 4) is 0 Å². The summed E-state index contributed by atoms with van der Waals surface area (Å²) in [5.41, 5.74) is 0.667. The third-order valence-corrected chi connectivity index (χ3v) is 2.85. The number of nitrogens with zero attached hydrogens (tertiary/aromatic N) is 1. The van der Waals surface area contributed by atoms with Gasteiger partial charge in [0.25, 0.3) is 5.92 Å². The van der Waals surface area contributed by atoms with E-state index in [1.165, 1.54) is 17.0 Å². The molecule has 5 heteroatoms. The summed E-state index contributed by atoms with van der Waals surface area (Å²) >= 11 is 0. The highest BCUT2D eigenvalue weighted by Gasteiger charge is 2.35. The van der Waals surface area contributed by atoms with Crippen LogP contribution in [0.4, 0.5) is 14.5 Å². The van der Waals surface area contributed by atoms with E-state index >= 15 is 0 Å². The van der Waals surface area contributed by atoms with Gasteiger partial charge in [-0.2, -0.15) is 0 Å². The lowest BCUT2D eigenvalue weighted by molar-refractivity contribution is -0.0116. The molecule has 0 radical (unpaired) electrons. The van der Waals surface area contributed by atoms with Gasteiger partial charge in [0.05, 0.1) is 12.1 Å². The van der Waals surface area contributed by atoms with Crippen molar-refractivity contribution in [2.45, 2.75) is 18.8 Å². The average Bonchev–Trinajstić information content (AvgIpc) is 2.28. The number of rotatable bonds is 2. The van der Waals surface area contributed by atoms with E-state index in [1.807, 2.05) is 0 Å². The minimum Gasteiger partial charge on any atom is -0.478 e. The van der Waals surface area contributed by atoms with Crippen LogP contribution in [0.25, 0.3) is 0 Å². The maximum Gasteiger partial charge on any atom is 0.335 e. The molecule has 1 heterocycles. The Morgan fingerprint density at radius 3 is 2.82 bits per heavy atom. The van der Waals surface area contributed by atoms with Crippen LogP contribution in [0.15, 0.2) is 24.3 Å². The molecule has 1 N–H and O–H groups in total. The number of halogens is 2. The molecule has 0 spiro atoms. The monoisotopic (exact) mass is 241 g/mol. The second-order valence-electron chi connectivity index (χ2n) is 4.24. The maximum absolute atomic E-state index is 13.2. The molecule has 1 saturated heterocycles. The molecule has 0 aliphatic carbocycles. The number of anilines is 1. The van der Waals surface area contributed by atoms with Crippen molar-refractivity contribution in [3.63, 3.8) is 0 Å². The van der Waals surface area contributed by atoms with Crippen LogP contribution < -0.4 is 4.90 Å². The number of piperidine rings is 1. The summed E-state index contributed by atoms with van der Waals surface area (Å²) in [5, 5.41) is 8.84. The Bertz CT molecular complexity index is 434. The van der Waals surface area contributed by atoms with Crippen LogP contribution >= 0.6 is 0 Å². The summed E-state index contributed by atoms with van der Waals surface area (Å²) in [6, 6.07) is 6.12. The molecule has 1 aliphatic rings. The third-order valence-electron chi connectivity index (χ3n) is 2.85. The Kier molecular flexibility index (Phi) is 3.00. The van der Waals surface area contributed by atoms with Gasteiger partial charge in [0.2, 0.25) is 0 Å². The lowest BCUT2D eigenvalue weighted by atomic mass is 10.1. The Hall–Kier alpha value is -1.65. The standard InChI is InChI=1S/C12H13F2NO2/c13-12(14)5-2-6-15(8-12)10-4-1-3-9(7-10)11(16)17/h1,3-4,7H,2,5-6,8H2,(H,16,17). The lowest BCUT2D eigenvalue weighted by Crippen LogP contribution is -2.42. The molecule has 1 fully saturated rings. The Labute approximate surface area is 97.7 Å². The highest BCUT2D eigenvalue weighted by atomic mass is 19.3. The summed E-state index contributed by atoms with van der Waals surface area (Å²) in [5.74, 6) is -3.73. The molecule has 1 aliphatic heterocycles. The number of carboxylic acid groups (broad SMARTS) is 1. The van der Waals surface area contributed by atoms with Gasteiger partial charge in [-0.15, -0.1) is 0 Å². The van der Waals surface area contributed by atoms with E-state index in [2.05, 4.69) is 0 Å². The lowest BCUT2D eigenvalue weighted by Gasteiger charge is -2.34. The van der Waals surface area contributed by atoms with E-state index in [9.17, 15) is 13.6 Å². The zero-order chi connectivity index (χ0) is 12.5. The summed E-state index contributed by atoms with van der Waals surface area (Å²) in [4.78, 5) is 12.3. The number of benzene rings is 1. The van der Waals surface area contributed by atoms with Crippen molar-refractivity contribution >= 4 is 11.7 Å². The molecule has 17 heavy (non-hydrogen) atoms. The molecule has 0 unspecified atom stereocenters. The summed E-state index contributed by atoms with van der Waals surface area (Å²) in [6.07, 6.45) is 0.326. The van der Waals surface area contributed by atoms with Crippen LogP contribution in [0.3, 0.4) is 0 Å². The van der Waals surface area contributed by atoms with Crippen LogP contribution in [0, 0.1) is 0 Å². The molecule has 2 rings (SSSR count). The second kappa shape index (κ2) is 4.31. The van der Waals surface area contributed by atoms with Crippen molar-refractivity contribution in [2.75, 3.05) is 18.0 Å². The number of hydrogen-bond donors (Lipinski definition) is 1. The molecule has 3 nitrogen and oxygen atoms in total. The number of hydrogen-bond acceptors (Lipinski definition) is 2. The zero-order valence-corrected chi connectivity index (χ0v) is 9.20. The van der Waals surface area contributed by atoms with Crippen molar-refractivity contribution in [2.24, 2.45) is 0 Å². The topological polar surface area (TPSA) is 40.5 Å². The van der Waals surface area contributed by atoms with Gasteiger partial charge in [-0.3, -0.25) is 0 Å². The van der Waals surface area contributed by atoms with Gasteiger partial charge in [0.1, 0.15) is 0 Å². The van der Waals surface area contributed by atoms with Crippen LogP contribution in [-0.2, 0) is 0 Å². The number of carboxylic acids is 1. The summed E-state index contributed by atoms with van der Waals surface area (Å²) in [6.45, 7) is 0.203. The highest BCUT2D eigenvalue weighted by molar-refractivity contribution is 5.88. The second-order valence-corrected chi connectivity index (χ2v) is 4.24. The number of aromatic carboxylic acids is 1. The zero-order valence-electron chi connectivity index (χ0n) is 9.20. The molecule has 0 atom stereocenters. The molecule has 92 valence electrons. The van der Waals surface area contributed by atoms with E-state index < -0.39 is 11.9 Å². The minimum absolute atomic E-state index is 0.0951. The molecule has 0 bridgehead atoms. The van der Waals surface area contributed by atoms with Crippen molar-refractivity contribution in [1.82, 2.24) is 0 Å².